The van der Waals surface area contributed by atoms with E-state index in [1.165, 1.54) is 5.75 Å². The lowest BCUT2D eigenvalue weighted by molar-refractivity contribution is -0.151. The van der Waals surface area contributed by atoms with Gasteiger partial charge in [-0.1, -0.05) is 20.8 Å². The summed E-state index contributed by atoms with van der Waals surface area (Å²) in [6, 6.07) is 0. The van der Waals surface area contributed by atoms with Crippen molar-refractivity contribution in [1.82, 2.24) is 5.32 Å². The molecule has 0 amide bonds. The minimum atomic E-state index is -0.416. The van der Waals surface area contributed by atoms with Gasteiger partial charge in [-0.05, 0) is 50.8 Å². The van der Waals surface area contributed by atoms with E-state index >= 15 is 0 Å². The second-order valence-electron chi connectivity index (χ2n) is 5.82. The van der Waals surface area contributed by atoms with E-state index in [0.29, 0.717) is 17.8 Å². The first-order valence-corrected chi connectivity index (χ1v) is 8.62. The summed E-state index contributed by atoms with van der Waals surface area (Å²) in [4.78, 5) is 12.3. The molecule has 0 bridgehead atoms. The fourth-order valence-corrected chi connectivity index (χ4v) is 3.87. The molecule has 1 aliphatic carbocycles. The van der Waals surface area contributed by atoms with Gasteiger partial charge in [0, 0.05) is 5.25 Å². The number of thioether (sulfide) groups is 1. The fraction of sp³-hybridized carbons (Fsp3) is 0.933. The molecule has 4 heteroatoms. The predicted molar refractivity (Wildman–Crippen MR) is 82.6 cm³/mol. The van der Waals surface area contributed by atoms with E-state index in [2.05, 4.69) is 26.1 Å². The zero-order valence-electron chi connectivity index (χ0n) is 12.8. The first kappa shape index (κ1) is 16.8. The Morgan fingerprint density at radius 2 is 2.21 bits per heavy atom. The Bertz CT molecular complexity index is 283. The van der Waals surface area contributed by atoms with E-state index in [1.807, 2.05) is 18.7 Å². The van der Waals surface area contributed by atoms with Crippen LogP contribution in [0, 0.1) is 5.92 Å². The van der Waals surface area contributed by atoms with Crippen molar-refractivity contribution in [2.75, 3.05) is 18.9 Å². The van der Waals surface area contributed by atoms with Crippen LogP contribution in [0.3, 0.4) is 0 Å². The molecule has 1 N–H and O–H groups in total. The number of nitrogens with one attached hydrogen (secondary N) is 1. The maximum atomic E-state index is 12.3. The van der Waals surface area contributed by atoms with Crippen LogP contribution in [0.1, 0.15) is 53.4 Å². The maximum Gasteiger partial charge on any atom is 0.326 e. The second-order valence-corrected chi connectivity index (χ2v) is 7.15. The van der Waals surface area contributed by atoms with E-state index in [-0.39, 0.29) is 5.97 Å². The molecule has 1 saturated carbocycles. The molecule has 0 radical (unpaired) electrons. The number of ether oxygens (including phenoxy) is 1. The Hall–Kier alpha value is -0.220. The molecular formula is C15H29NO2S. The summed E-state index contributed by atoms with van der Waals surface area (Å²) >= 11 is 2.02. The van der Waals surface area contributed by atoms with Crippen LogP contribution >= 0.6 is 11.8 Å². The van der Waals surface area contributed by atoms with Gasteiger partial charge in [0.15, 0.2) is 0 Å². The SMILES string of the molecule is CCCNC1(C(=O)OCC)CCC(SCC(C)C)C1. The summed E-state index contributed by atoms with van der Waals surface area (Å²) < 4.78 is 5.29. The molecule has 19 heavy (non-hydrogen) atoms. The second kappa shape index (κ2) is 8.15. The molecule has 0 aromatic carbocycles. The smallest absolute Gasteiger partial charge is 0.326 e. The third-order valence-electron chi connectivity index (χ3n) is 3.51. The average molecular weight is 287 g/mol. The standard InChI is InChI=1S/C15H29NO2S/c1-5-9-16-15(14(17)18-6-2)8-7-13(10-15)19-11-12(3)4/h12-13,16H,5-11H2,1-4H3. The third-order valence-corrected chi connectivity index (χ3v) is 5.25. The normalized spacial score (nSPS) is 26.9. The summed E-state index contributed by atoms with van der Waals surface area (Å²) in [6.45, 7) is 9.86. The number of hydrogen-bond donors (Lipinski definition) is 1. The van der Waals surface area contributed by atoms with Gasteiger partial charge >= 0.3 is 5.97 Å². The molecule has 1 aliphatic rings. The van der Waals surface area contributed by atoms with Crippen LogP contribution in [0.5, 0.6) is 0 Å². The highest BCUT2D eigenvalue weighted by Gasteiger charge is 2.46. The number of rotatable bonds is 8. The zero-order chi connectivity index (χ0) is 14.3. The zero-order valence-corrected chi connectivity index (χ0v) is 13.6. The molecule has 1 rings (SSSR count). The quantitative estimate of drug-likeness (QED) is 0.696. The fourth-order valence-electron chi connectivity index (χ4n) is 2.52. The van der Waals surface area contributed by atoms with Crippen LogP contribution < -0.4 is 5.32 Å². The van der Waals surface area contributed by atoms with Crippen LogP contribution in [0.15, 0.2) is 0 Å². The van der Waals surface area contributed by atoms with E-state index in [0.717, 1.165) is 32.2 Å². The van der Waals surface area contributed by atoms with Crippen molar-refractivity contribution >= 4 is 17.7 Å². The van der Waals surface area contributed by atoms with Crippen LogP contribution in [0.25, 0.3) is 0 Å². The molecule has 0 aliphatic heterocycles. The number of carbonyl (C=O) groups is 1. The van der Waals surface area contributed by atoms with Crippen molar-refractivity contribution in [3.8, 4) is 0 Å². The van der Waals surface area contributed by atoms with Crippen molar-refractivity contribution in [2.24, 2.45) is 5.92 Å². The summed E-state index contributed by atoms with van der Waals surface area (Å²) in [6.07, 6.45) is 4.00. The molecule has 3 nitrogen and oxygen atoms in total. The predicted octanol–water partition coefficient (Wildman–Crippen LogP) is 3.23. The van der Waals surface area contributed by atoms with E-state index in [4.69, 9.17) is 4.74 Å². The number of esters is 1. The summed E-state index contributed by atoms with van der Waals surface area (Å²) in [5.74, 6) is 1.85. The van der Waals surface area contributed by atoms with Crippen LogP contribution in [-0.4, -0.2) is 35.7 Å². The lowest BCUT2D eigenvalue weighted by atomic mass is 9.97. The van der Waals surface area contributed by atoms with Crippen molar-refractivity contribution in [2.45, 2.75) is 64.2 Å². The molecule has 0 aromatic heterocycles. The van der Waals surface area contributed by atoms with E-state index < -0.39 is 5.54 Å². The summed E-state index contributed by atoms with van der Waals surface area (Å²) in [5, 5.41) is 4.05. The van der Waals surface area contributed by atoms with Gasteiger partial charge in [0.2, 0.25) is 0 Å². The van der Waals surface area contributed by atoms with Crippen molar-refractivity contribution in [1.29, 1.82) is 0 Å². The molecule has 0 aromatic rings. The van der Waals surface area contributed by atoms with Gasteiger partial charge in [0.25, 0.3) is 0 Å². The molecule has 112 valence electrons. The maximum absolute atomic E-state index is 12.3. The van der Waals surface area contributed by atoms with Gasteiger partial charge in [-0.2, -0.15) is 11.8 Å². The Labute approximate surface area is 122 Å². The van der Waals surface area contributed by atoms with Gasteiger partial charge in [-0.25, -0.2) is 0 Å². The Morgan fingerprint density at radius 1 is 1.47 bits per heavy atom. The van der Waals surface area contributed by atoms with Crippen molar-refractivity contribution in [3.63, 3.8) is 0 Å². The van der Waals surface area contributed by atoms with E-state index in [1.54, 1.807) is 0 Å². The third kappa shape index (κ3) is 4.99. The minimum absolute atomic E-state index is 0.0453. The summed E-state index contributed by atoms with van der Waals surface area (Å²) in [7, 11) is 0. The van der Waals surface area contributed by atoms with Crippen molar-refractivity contribution < 1.29 is 9.53 Å². The molecular weight excluding hydrogens is 258 g/mol. The van der Waals surface area contributed by atoms with Gasteiger partial charge in [0.1, 0.15) is 5.54 Å². The molecule has 0 spiro atoms. The van der Waals surface area contributed by atoms with Gasteiger partial charge in [-0.15, -0.1) is 0 Å². The van der Waals surface area contributed by atoms with E-state index in [9.17, 15) is 4.79 Å². The highest BCUT2D eigenvalue weighted by molar-refractivity contribution is 7.99. The van der Waals surface area contributed by atoms with Crippen LogP contribution in [0.4, 0.5) is 0 Å². The average Bonchev–Trinajstić information content (AvgIpc) is 2.79. The van der Waals surface area contributed by atoms with Crippen molar-refractivity contribution in [3.05, 3.63) is 0 Å². The highest BCUT2D eigenvalue weighted by Crippen LogP contribution is 2.38. The molecule has 1 fully saturated rings. The number of hydrogen-bond acceptors (Lipinski definition) is 4. The minimum Gasteiger partial charge on any atom is -0.465 e. The first-order chi connectivity index (χ1) is 9.04. The lowest BCUT2D eigenvalue weighted by Gasteiger charge is -2.28. The largest absolute Gasteiger partial charge is 0.465 e. The van der Waals surface area contributed by atoms with Gasteiger partial charge < -0.3 is 10.1 Å². The van der Waals surface area contributed by atoms with Gasteiger partial charge in [0.05, 0.1) is 6.61 Å². The Balaban J connectivity index is 2.59. The molecule has 2 unspecified atom stereocenters. The highest BCUT2D eigenvalue weighted by atomic mass is 32.2. The van der Waals surface area contributed by atoms with Crippen LogP contribution in [-0.2, 0) is 9.53 Å². The molecule has 0 saturated heterocycles. The monoisotopic (exact) mass is 287 g/mol. The number of carbonyl (C=O) groups excluding carboxylic acids is 1. The topological polar surface area (TPSA) is 38.3 Å². The van der Waals surface area contributed by atoms with Crippen LogP contribution in [0.2, 0.25) is 0 Å². The molecule has 0 heterocycles. The lowest BCUT2D eigenvalue weighted by Crippen LogP contribution is -2.51. The van der Waals surface area contributed by atoms with Gasteiger partial charge in [-0.3, -0.25) is 4.79 Å². The Kier molecular flexibility index (Phi) is 7.22. The summed E-state index contributed by atoms with van der Waals surface area (Å²) in [5.41, 5.74) is -0.416. The Morgan fingerprint density at radius 3 is 2.79 bits per heavy atom. The molecule has 2 atom stereocenters. The first-order valence-electron chi connectivity index (χ1n) is 7.58.